The molecule has 1 saturated heterocycles. The van der Waals surface area contributed by atoms with E-state index in [2.05, 4.69) is 0 Å². The Morgan fingerprint density at radius 2 is 1.96 bits per heavy atom. The number of halogens is 1. The first-order valence-electron chi connectivity index (χ1n) is 7.67. The van der Waals surface area contributed by atoms with Crippen LogP contribution in [0.5, 0.6) is 0 Å². The Hall–Kier alpha value is -1.97. The number of carbonyl (C=O) groups is 2. The van der Waals surface area contributed by atoms with Gasteiger partial charge in [0.15, 0.2) is 0 Å². The number of carboxylic acids is 1. The third-order valence-electron chi connectivity index (χ3n) is 4.41. The SMILES string of the molecule is NC1(C(=O)O)CN(C(=O)c2ccc(F)cc2)CC1CCCB(O)O. The summed E-state index contributed by atoms with van der Waals surface area (Å²) in [5.41, 5.74) is 4.69. The molecule has 0 spiro atoms. The van der Waals surface area contributed by atoms with Crippen molar-refractivity contribution in [1.82, 2.24) is 4.90 Å². The van der Waals surface area contributed by atoms with Crippen LogP contribution in [0.2, 0.25) is 6.32 Å². The minimum Gasteiger partial charge on any atom is -0.480 e. The van der Waals surface area contributed by atoms with Crippen LogP contribution in [-0.4, -0.2) is 57.7 Å². The molecule has 7 nitrogen and oxygen atoms in total. The van der Waals surface area contributed by atoms with Crippen LogP contribution >= 0.6 is 0 Å². The normalized spacial score (nSPS) is 23.3. The van der Waals surface area contributed by atoms with Crippen LogP contribution in [0.1, 0.15) is 23.2 Å². The van der Waals surface area contributed by atoms with Gasteiger partial charge in [0.2, 0.25) is 0 Å². The van der Waals surface area contributed by atoms with E-state index in [0.717, 1.165) is 12.1 Å². The van der Waals surface area contributed by atoms with Crippen molar-refractivity contribution in [2.24, 2.45) is 11.7 Å². The largest absolute Gasteiger partial charge is 0.480 e. The van der Waals surface area contributed by atoms with E-state index in [1.54, 1.807) is 0 Å². The molecule has 0 aromatic heterocycles. The fourth-order valence-electron chi connectivity index (χ4n) is 3.01. The van der Waals surface area contributed by atoms with Gasteiger partial charge in [0.1, 0.15) is 11.4 Å². The third-order valence-corrected chi connectivity index (χ3v) is 4.41. The minimum absolute atomic E-state index is 0.109. The second kappa shape index (κ2) is 7.29. The number of nitrogens with zero attached hydrogens (tertiary/aromatic N) is 1. The summed E-state index contributed by atoms with van der Waals surface area (Å²) in [6, 6.07) is 5.00. The van der Waals surface area contributed by atoms with Crippen LogP contribution in [0.25, 0.3) is 0 Å². The van der Waals surface area contributed by atoms with E-state index in [4.69, 9.17) is 15.8 Å². The fourth-order valence-corrected chi connectivity index (χ4v) is 3.01. The number of aliphatic carboxylic acids is 1. The molecule has 1 amide bonds. The van der Waals surface area contributed by atoms with Crippen LogP contribution in [0.4, 0.5) is 4.39 Å². The number of hydrogen-bond acceptors (Lipinski definition) is 5. The fraction of sp³-hybridized carbons (Fsp3) is 0.467. The zero-order valence-electron chi connectivity index (χ0n) is 13.1. The van der Waals surface area contributed by atoms with E-state index in [1.807, 2.05) is 0 Å². The monoisotopic (exact) mass is 338 g/mol. The van der Waals surface area contributed by atoms with Gasteiger partial charge < -0.3 is 25.8 Å². The van der Waals surface area contributed by atoms with Gasteiger partial charge in [-0.25, -0.2) is 4.39 Å². The van der Waals surface area contributed by atoms with Crippen molar-refractivity contribution in [3.05, 3.63) is 35.6 Å². The lowest BCUT2D eigenvalue weighted by atomic mass is 9.78. The average Bonchev–Trinajstić information content (AvgIpc) is 2.86. The Balaban J connectivity index is 2.11. The van der Waals surface area contributed by atoms with Gasteiger partial charge in [0.25, 0.3) is 5.91 Å². The van der Waals surface area contributed by atoms with Crippen LogP contribution in [0, 0.1) is 11.7 Å². The summed E-state index contributed by atoms with van der Waals surface area (Å²) < 4.78 is 13.0. The van der Waals surface area contributed by atoms with Gasteiger partial charge in [-0.2, -0.15) is 0 Å². The highest BCUT2D eigenvalue weighted by molar-refractivity contribution is 6.40. The molecule has 1 aromatic carbocycles. The van der Waals surface area contributed by atoms with E-state index in [0.29, 0.717) is 12.8 Å². The molecule has 5 N–H and O–H groups in total. The summed E-state index contributed by atoms with van der Waals surface area (Å²) >= 11 is 0. The van der Waals surface area contributed by atoms with Gasteiger partial charge in [-0.05, 0) is 37.0 Å². The maximum Gasteiger partial charge on any atom is 0.451 e. The highest BCUT2D eigenvalue weighted by atomic mass is 19.1. The van der Waals surface area contributed by atoms with Gasteiger partial charge in [-0.15, -0.1) is 0 Å². The first-order chi connectivity index (χ1) is 11.2. The Kier molecular flexibility index (Phi) is 5.58. The molecule has 2 atom stereocenters. The van der Waals surface area contributed by atoms with Crippen molar-refractivity contribution in [3.8, 4) is 0 Å². The van der Waals surface area contributed by atoms with Crippen LogP contribution < -0.4 is 5.73 Å². The number of carboxylic acid groups (broad SMARTS) is 1. The van der Waals surface area contributed by atoms with Crippen LogP contribution in [0.15, 0.2) is 24.3 Å². The predicted molar refractivity (Wildman–Crippen MR) is 84.6 cm³/mol. The molecule has 0 saturated carbocycles. The number of carbonyl (C=O) groups excluding carboxylic acids is 1. The Bertz CT molecular complexity index is 612. The summed E-state index contributed by atoms with van der Waals surface area (Å²) in [6.07, 6.45) is 0.846. The molecule has 2 rings (SSSR count). The Morgan fingerprint density at radius 1 is 1.33 bits per heavy atom. The smallest absolute Gasteiger partial charge is 0.451 e. The predicted octanol–water partition coefficient (Wildman–Crippen LogP) is -0.0672. The number of likely N-dealkylation sites (tertiary alicyclic amines) is 1. The lowest BCUT2D eigenvalue weighted by Gasteiger charge is -2.25. The van der Waals surface area contributed by atoms with Crippen molar-refractivity contribution >= 4 is 19.0 Å². The number of benzene rings is 1. The topological polar surface area (TPSA) is 124 Å². The Labute approximate surface area is 139 Å². The van der Waals surface area contributed by atoms with Gasteiger partial charge in [-0.3, -0.25) is 9.59 Å². The van der Waals surface area contributed by atoms with E-state index in [-0.39, 0.29) is 25.0 Å². The molecule has 0 aliphatic carbocycles. The zero-order chi connectivity index (χ0) is 17.9. The molecule has 0 radical (unpaired) electrons. The molecule has 1 fully saturated rings. The van der Waals surface area contributed by atoms with Crippen molar-refractivity contribution in [2.75, 3.05) is 13.1 Å². The zero-order valence-corrected chi connectivity index (χ0v) is 13.1. The van der Waals surface area contributed by atoms with E-state index in [1.165, 1.54) is 17.0 Å². The molecule has 9 heteroatoms. The van der Waals surface area contributed by atoms with Crippen LogP contribution in [-0.2, 0) is 4.79 Å². The first kappa shape index (κ1) is 18.4. The van der Waals surface area contributed by atoms with E-state index < -0.39 is 36.3 Å². The summed E-state index contributed by atoms with van der Waals surface area (Å²) in [5.74, 6) is -2.58. The average molecular weight is 338 g/mol. The highest BCUT2D eigenvalue weighted by Crippen LogP contribution is 2.31. The standard InChI is InChI=1S/C15H20BFN2O5/c17-12-5-3-10(4-6-12)13(20)19-8-11(2-1-7-16(23)24)15(18,9-19)14(21)22/h3-6,11,23-24H,1-2,7-9,18H2,(H,21,22). The molecule has 1 heterocycles. The number of nitrogens with two attached hydrogens (primary N) is 1. The van der Waals surface area contributed by atoms with Crippen molar-refractivity contribution in [3.63, 3.8) is 0 Å². The molecule has 130 valence electrons. The second-order valence-electron chi connectivity index (χ2n) is 6.15. The number of amides is 1. The third kappa shape index (κ3) is 3.92. The molecule has 2 unspecified atom stereocenters. The first-order valence-corrected chi connectivity index (χ1v) is 7.67. The van der Waals surface area contributed by atoms with E-state index in [9.17, 15) is 19.1 Å². The minimum atomic E-state index is -1.59. The molecular weight excluding hydrogens is 318 g/mol. The molecule has 1 aliphatic heterocycles. The summed E-state index contributed by atoms with van der Waals surface area (Å²) in [4.78, 5) is 25.4. The second-order valence-corrected chi connectivity index (χ2v) is 6.15. The molecule has 1 aromatic rings. The summed E-state index contributed by atoms with van der Waals surface area (Å²) in [5, 5.41) is 27.2. The molecule has 24 heavy (non-hydrogen) atoms. The van der Waals surface area contributed by atoms with Gasteiger partial charge in [0.05, 0.1) is 6.54 Å². The van der Waals surface area contributed by atoms with Crippen molar-refractivity contribution in [1.29, 1.82) is 0 Å². The summed E-state index contributed by atoms with van der Waals surface area (Å²) in [7, 11) is -1.46. The summed E-state index contributed by atoms with van der Waals surface area (Å²) in [6.45, 7) is 0.00538. The van der Waals surface area contributed by atoms with Crippen molar-refractivity contribution < 1.29 is 29.1 Å². The van der Waals surface area contributed by atoms with Crippen LogP contribution in [0.3, 0.4) is 0 Å². The molecule has 0 bridgehead atoms. The molecule has 1 aliphatic rings. The molecular formula is C15H20BFN2O5. The quantitative estimate of drug-likeness (QED) is 0.539. The number of rotatable bonds is 6. The van der Waals surface area contributed by atoms with Crippen molar-refractivity contribution in [2.45, 2.75) is 24.7 Å². The highest BCUT2D eigenvalue weighted by Gasteiger charge is 2.50. The van der Waals surface area contributed by atoms with Gasteiger partial charge >= 0.3 is 13.1 Å². The number of hydrogen-bond donors (Lipinski definition) is 4. The maximum absolute atomic E-state index is 13.0. The van der Waals surface area contributed by atoms with Gasteiger partial charge in [0, 0.05) is 18.0 Å². The Morgan fingerprint density at radius 3 is 2.50 bits per heavy atom. The lowest BCUT2D eigenvalue weighted by Crippen LogP contribution is -2.55. The lowest BCUT2D eigenvalue weighted by molar-refractivity contribution is -0.144. The van der Waals surface area contributed by atoms with Gasteiger partial charge in [-0.1, -0.05) is 6.42 Å². The maximum atomic E-state index is 13.0. The van der Waals surface area contributed by atoms with E-state index >= 15 is 0 Å².